The third-order valence-corrected chi connectivity index (χ3v) is 3.13. The summed E-state index contributed by atoms with van der Waals surface area (Å²) < 4.78 is 10.3. The van der Waals surface area contributed by atoms with E-state index in [1.165, 1.54) is 17.7 Å². The van der Waals surface area contributed by atoms with Crippen molar-refractivity contribution in [3.8, 4) is 0 Å². The van der Waals surface area contributed by atoms with Gasteiger partial charge in [0.05, 0.1) is 12.8 Å². The Hall–Kier alpha value is -2.05. The lowest BCUT2D eigenvalue weighted by molar-refractivity contribution is 0.0109. The summed E-state index contributed by atoms with van der Waals surface area (Å²) in [6.45, 7) is 9.29. The van der Waals surface area contributed by atoms with E-state index in [-0.39, 0.29) is 0 Å². The van der Waals surface area contributed by atoms with Crippen molar-refractivity contribution in [3.63, 3.8) is 0 Å². The zero-order valence-corrected chi connectivity index (χ0v) is 15.3. The van der Waals surface area contributed by atoms with Crippen molar-refractivity contribution in [1.82, 2.24) is 10.4 Å². The molecule has 0 aliphatic carbocycles. The van der Waals surface area contributed by atoms with E-state index in [0.717, 1.165) is 0 Å². The van der Waals surface area contributed by atoms with Gasteiger partial charge in [-0.1, -0.05) is 42.8 Å². The number of methoxy groups -OCH3 is 1. The lowest BCUT2D eigenvalue weighted by Crippen LogP contribution is -2.44. The van der Waals surface area contributed by atoms with Crippen LogP contribution in [0.4, 0.5) is 4.79 Å². The number of hydrogen-bond acceptors (Lipinski definition) is 5. The molecule has 0 bridgehead atoms. The first kappa shape index (κ1) is 20.0. The number of ether oxygens (including phenoxy) is 2. The van der Waals surface area contributed by atoms with E-state index in [9.17, 15) is 9.90 Å². The van der Waals surface area contributed by atoms with Gasteiger partial charge in [-0.05, 0) is 34.1 Å². The molecule has 0 fully saturated rings. The van der Waals surface area contributed by atoms with E-state index in [1.807, 2.05) is 25.1 Å². The largest absolute Gasteiger partial charge is 0.495 e. The number of hydrazine groups is 1. The van der Waals surface area contributed by atoms with Gasteiger partial charge in [-0.3, -0.25) is 0 Å². The van der Waals surface area contributed by atoms with E-state index < -0.39 is 17.9 Å². The molecule has 1 unspecified atom stereocenters. The summed E-state index contributed by atoms with van der Waals surface area (Å²) in [7, 11) is 1.45. The van der Waals surface area contributed by atoms with Gasteiger partial charge in [-0.25, -0.2) is 9.80 Å². The molecular weight excluding hydrogens is 308 g/mol. The molecule has 1 aliphatic rings. The molecule has 0 spiro atoms. The average Bonchev–Trinajstić information content (AvgIpc) is 2.83. The molecule has 0 saturated heterocycles. The maximum Gasteiger partial charge on any atom is 0.429 e. The molecule has 6 nitrogen and oxygen atoms in total. The van der Waals surface area contributed by atoms with Gasteiger partial charge in [0.2, 0.25) is 0 Å². The van der Waals surface area contributed by atoms with Gasteiger partial charge in [0.15, 0.2) is 12.0 Å². The number of nitrogens with one attached hydrogen (secondary N) is 1. The number of aryl methyl sites for hydroxylation is 1. The van der Waals surface area contributed by atoms with E-state index in [2.05, 4.69) is 24.5 Å². The molecule has 1 aromatic rings. The predicted octanol–water partition coefficient (Wildman–Crippen LogP) is 3.32. The van der Waals surface area contributed by atoms with Crippen LogP contribution in [0.25, 0.3) is 0 Å². The summed E-state index contributed by atoms with van der Waals surface area (Å²) in [5.74, 6) is 0.346. The van der Waals surface area contributed by atoms with E-state index >= 15 is 0 Å². The Morgan fingerprint density at radius 1 is 1.29 bits per heavy atom. The van der Waals surface area contributed by atoms with E-state index in [4.69, 9.17) is 9.47 Å². The fourth-order valence-electron chi connectivity index (χ4n) is 2.09. The van der Waals surface area contributed by atoms with Crippen molar-refractivity contribution in [2.45, 2.75) is 52.9 Å². The van der Waals surface area contributed by atoms with Gasteiger partial charge < -0.3 is 14.6 Å². The Balaban J connectivity index is 0.000000341. The van der Waals surface area contributed by atoms with Crippen LogP contribution in [0.3, 0.4) is 0 Å². The quantitative estimate of drug-likeness (QED) is 0.867. The highest BCUT2D eigenvalue weighted by atomic mass is 16.6. The summed E-state index contributed by atoms with van der Waals surface area (Å²) in [5.41, 5.74) is 3.91. The van der Waals surface area contributed by atoms with Crippen molar-refractivity contribution >= 4 is 6.09 Å². The first-order valence-electron chi connectivity index (χ1n) is 7.95. The minimum absolute atomic E-state index is 0.346. The number of allylic oxidation sites excluding steroid dienone is 1. The summed E-state index contributed by atoms with van der Waals surface area (Å²) in [6, 6.07) is 10.3. The second-order valence-corrected chi connectivity index (χ2v) is 6.37. The normalized spacial score (nSPS) is 17.3. The van der Waals surface area contributed by atoms with Gasteiger partial charge in [0.1, 0.15) is 5.60 Å². The number of carbonyl (C=O) groups excluding carboxylic acids is 1. The van der Waals surface area contributed by atoms with Gasteiger partial charge in [0, 0.05) is 0 Å². The molecule has 24 heavy (non-hydrogen) atoms. The van der Waals surface area contributed by atoms with Crippen molar-refractivity contribution in [1.29, 1.82) is 0 Å². The Morgan fingerprint density at radius 2 is 1.88 bits per heavy atom. The van der Waals surface area contributed by atoms with Gasteiger partial charge >= 0.3 is 6.09 Å². The van der Waals surface area contributed by atoms with Crippen molar-refractivity contribution in [3.05, 3.63) is 47.4 Å². The molecule has 0 saturated carbocycles. The van der Waals surface area contributed by atoms with Crippen molar-refractivity contribution in [2.75, 3.05) is 7.11 Å². The third kappa shape index (κ3) is 5.86. The van der Waals surface area contributed by atoms with Crippen LogP contribution in [-0.4, -0.2) is 35.1 Å². The SMILES string of the molecule is CCC1=C(OC)C(O)NN1C(=O)OC(C)(C)C.Cc1ccccc1. The van der Waals surface area contributed by atoms with Gasteiger partial charge in [-0.15, -0.1) is 0 Å². The summed E-state index contributed by atoms with van der Waals surface area (Å²) in [6.07, 6.45) is -1.02. The van der Waals surface area contributed by atoms with E-state index in [0.29, 0.717) is 17.9 Å². The maximum atomic E-state index is 11.9. The van der Waals surface area contributed by atoms with Crippen LogP contribution in [0.1, 0.15) is 39.7 Å². The second-order valence-electron chi connectivity index (χ2n) is 6.37. The molecule has 1 amide bonds. The van der Waals surface area contributed by atoms with Crippen LogP contribution >= 0.6 is 0 Å². The molecule has 2 rings (SSSR count). The lowest BCUT2D eigenvalue weighted by atomic mass is 10.2. The minimum Gasteiger partial charge on any atom is -0.495 e. The monoisotopic (exact) mass is 336 g/mol. The van der Waals surface area contributed by atoms with Crippen LogP contribution in [0, 0.1) is 6.92 Å². The molecule has 0 radical (unpaired) electrons. The highest BCUT2D eigenvalue weighted by molar-refractivity contribution is 5.70. The van der Waals surface area contributed by atoms with Crippen LogP contribution in [0.5, 0.6) is 0 Å². The van der Waals surface area contributed by atoms with Gasteiger partial charge in [-0.2, -0.15) is 5.43 Å². The number of nitrogens with zero attached hydrogens (tertiary/aromatic N) is 1. The van der Waals surface area contributed by atoms with Crippen molar-refractivity contribution in [2.24, 2.45) is 0 Å². The standard InChI is InChI=1S/C11H20N2O4.C7H8/c1-6-7-8(16-5)9(14)12-13(7)10(15)17-11(2,3)4;1-7-5-3-2-4-6-7/h9,12,14H,6H2,1-5H3;2-6H,1H3. The average molecular weight is 336 g/mol. The maximum absolute atomic E-state index is 11.9. The van der Waals surface area contributed by atoms with E-state index in [1.54, 1.807) is 20.8 Å². The number of aliphatic hydroxyl groups is 1. The second kappa shape index (κ2) is 8.70. The third-order valence-electron chi connectivity index (χ3n) is 3.13. The zero-order valence-electron chi connectivity index (χ0n) is 15.3. The first-order valence-corrected chi connectivity index (χ1v) is 7.95. The van der Waals surface area contributed by atoms with Crippen LogP contribution in [0.2, 0.25) is 0 Å². The number of rotatable bonds is 2. The molecule has 1 aliphatic heterocycles. The Morgan fingerprint density at radius 3 is 2.25 bits per heavy atom. The Bertz CT molecular complexity index is 564. The number of amides is 1. The van der Waals surface area contributed by atoms with Crippen LogP contribution in [-0.2, 0) is 9.47 Å². The smallest absolute Gasteiger partial charge is 0.429 e. The highest BCUT2D eigenvalue weighted by Crippen LogP contribution is 2.24. The highest BCUT2D eigenvalue weighted by Gasteiger charge is 2.36. The van der Waals surface area contributed by atoms with Gasteiger partial charge in [0.25, 0.3) is 0 Å². The molecule has 1 atom stereocenters. The number of carbonyl (C=O) groups is 1. The summed E-state index contributed by atoms with van der Waals surface area (Å²) in [5, 5.41) is 10.9. The topological polar surface area (TPSA) is 71.0 Å². The predicted molar refractivity (Wildman–Crippen MR) is 92.7 cm³/mol. The molecular formula is C18H28N2O4. The van der Waals surface area contributed by atoms with Crippen LogP contribution in [0.15, 0.2) is 41.8 Å². The molecule has 1 aromatic carbocycles. The summed E-state index contributed by atoms with van der Waals surface area (Å²) >= 11 is 0. The zero-order chi connectivity index (χ0) is 18.3. The molecule has 0 aromatic heterocycles. The Kier molecular flexibility index (Phi) is 7.25. The van der Waals surface area contributed by atoms with Crippen molar-refractivity contribution < 1.29 is 19.4 Å². The number of aliphatic hydroxyl groups excluding tert-OH is 1. The summed E-state index contributed by atoms with van der Waals surface area (Å²) in [4.78, 5) is 11.9. The molecule has 134 valence electrons. The molecule has 2 N–H and O–H groups in total. The fourth-order valence-corrected chi connectivity index (χ4v) is 2.09. The number of benzene rings is 1. The molecule has 6 heteroatoms. The minimum atomic E-state index is -1.01. The van der Waals surface area contributed by atoms with Crippen LogP contribution < -0.4 is 5.43 Å². The first-order chi connectivity index (χ1) is 11.2. The Labute approximate surface area is 144 Å². The lowest BCUT2D eigenvalue weighted by Gasteiger charge is -2.25. The molecule has 1 heterocycles. The number of hydrogen-bond donors (Lipinski definition) is 2. The fraction of sp³-hybridized carbons (Fsp3) is 0.500.